The maximum atomic E-state index is 12.7. The number of rotatable bonds is 5. The number of para-hydroxylation sites is 1. The highest BCUT2D eigenvalue weighted by Crippen LogP contribution is 2.24. The van der Waals surface area contributed by atoms with E-state index in [9.17, 15) is 9.59 Å². The molecule has 0 radical (unpaired) electrons. The molecule has 5 nitrogen and oxygen atoms in total. The molecule has 2 aromatic rings. The van der Waals surface area contributed by atoms with Gasteiger partial charge >= 0.3 is 0 Å². The molecule has 1 aliphatic rings. The van der Waals surface area contributed by atoms with E-state index in [1.54, 1.807) is 26.0 Å². The number of benzene rings is 2. The van der Waals surface area contributed by atoms with Gasteiger partial charge in [0.05, 0.1) is 0 Å². The minimum atomic E-state index is -1.19. The van der Waals surface area contributed by atoms with E-state index in [1.165, 1.54) is 24.9 Å². The summed E-state index contributed by atoms with van der Waals surface area (Å²) in [6.45, 7) is 5.42. The van der Waals surface area contributed by atoms with Gasteiger partial charge in [0.2, 0.25) is 11.8 Å². The van der Waals surface area contributed by atoms with Gasteiger partial charge in [-0.3, -0.25) is 9.59 Å². The van der Waals surface area contributed by atoms with Crippen LogP contribution in [-0.4, -0.2) is 24.9 Å². The molecule has 1 aliphatic heterocycles. The molecule has 2 N–H and O–H groups in total. The van der Waals surface area contributed by atoms with Crippen LogP contribution in [-0.2, 0) is 9.59 Å². The fourth-order valence-corrected chi connectivity index (χ4v) is 3.11. The third-order valence-corrected chi connectivity index (χ3v) is 5.01. The highest BCUT2D eigenvalue weighted by molar-refractivity contribution is 6.14. The van der Waals surface area contributed by atoms with Gasteiger partial charge in [-0.2, -0.15) is 0 Å². The first kappa shape index (κ1) is 19.0. The van der Waals surface area contributed by atoms with E-state index in [-0.39, 0.29) is 11.8 Å². The number of nitrogens with one attached hydrogen (secondary N) is 2. The molecule has 0 atom stereocenters. The van der Waals surface area contributed by atoms with Crippen molar-refractivity contribution in [1.29, 1.82) is 0 Å². The number of anilines is 3. The van der Waals surface area contributed by atoms with Crippen LogP contribution in [0.4, 0.5) is 17.1 Å². The Morgan fingerprint density at radius 3 is 1.85 bits per heavy atom. The van der Waals surface area contributed by atoms with Crippen molar-refractivity contribution in [3.8, 4) is 0 Å². The summed E-state index contributed by atoms with van der Waals surface area (Å²) >= 11 is 0. The Balaban J connectivity index is 1.62. The van der Waals surface area contributed by atoms with Gasteiger partial charge in [0, 0.05) is 30.2 Å². The highest BCUT2D eigenvalue weighted by Gasteiger charge is 2.36. The van der Waals surface area contributed by atoms with Gasteiger partial charge in [-0.15, -0.1) is 0 Å². The van der Waals surface area contributed by atoms with E-state index in [4.69, 9.17) is 0 Å². The van der Waals surface area contributed by atoms with Crippen molar-refractivity contribution in [3.63, 3.8) is 0 Å². The third-order valence-electron chi connectivity index (χ3n) is 5.01. The van der Waals surface area contributed by atoms with Crippen LogP contribution in [0.1, 0.15) is 33.1 Å². The normalized spacial score (nSPS) is 14.5. The van der Waals surface area contributed by atoms with Crippen molar-refractivity contribution in [1.82, 2.24) is 0 Å². The Hall–Kier alpha value is -2.82. The lowest BCUT2D eigenvalue weighted by atomic mass is 9.90. The second-order valence-corrected chi connectivity index (χ2v) is 7.49. The highest BCUT2D eigenvalue weighted by atomic mass is 16.2. The summed E-state index contributed by atoms with van der Waals surface area (Å²) in [5, 5.41) is 5.66. The van der Waals surface area contributed by atoms with Crippen LogP contribution in [0.2, 0.25) is 0 Å². The topological polar surface area (TPSA) is 61.4 Å². The second kappa shape index (κ2) is 8.25. The summed E-state index contributed by atoms with van der Waals surface area (Å²) in [6.07, 6.45) is 3.75. The van der Waals surface area contributed by atoms with Crippen molar-refractivity contribution >= 4 is 28.9 Å². The Morgan fingerprint density at radius 1 is 0.778 bits per heavy atom. The lowest BCUT2D eigenvalue weighted by molar-refractivity contribution is -0.135. The van der Waals surface area contributed by atoms with Crippen molar-refractivity contribution in [2.45, 2.75) is 33.1 Å². The molecular formula is C22H27N3O2. The zero-order valence-corrected chi connectivity index (χ0v) is 16.0. The molecule has 0 unspecified atom stereocenters. The number of hydrogen-bond acceptors (Lipinski definition) is 3. The molecule has 1 heterocycles. The monoisotopic (exact) mass is 365 g/mol. The first-order valence-electron chi connectivity index (χ1n) is 9.50. The molecule has 3 rings (SSSR count). The SMILES string of the molecule is CC(C)(C(=O)Nc1ccccc1)C(=O)Nc1ccc(N2CCCCC2)cc1. The van der Waals surface area contributed by atoms with E-state index < -0.39 is 5.41 Å². The first-order valence-corrected chi connectivity index (χ1v) is 9.50. The predicted molar refractivity (Wildman–Crippen MR) is 110 cm³/mol. The number of amides is 2. The summed E-state index contributed by atoms with van der Waals surface area (Å²) in [6, 6.07) is 17.0. The van der Waals surface area contributed by atoms with Crippen LogP contribution in [0.3, 0.4) is 0 Å². The standard InChI is InChI=1S/C22H27N3O2/c1-22(2,20(26)23-17-9-5-3-6-10-17)21(27)24-18-11-13-19(14-12-18)25-15-7-4-8-16-25/h3,5-6,9-14H,4,7-8,15-16H2,1-2H3,(H,23,26)(H,24,27). The average Bonchev–Trinajstić information content (AvgIpc) is 2.70. The van der Waals surface area contributed by atoms with Gasteiger partial charge in [-0.25, -0.2) is 0 Å². The molecular weight excluding hydrogens is 338 g/mol. The van der Waals surface area contributed by atoms with Crippen LogP contribution in [0.15, 0.2) is 54.6 Å². The summed E-state index contributed by atoms with van der Waals surface area (Å²) in [5.41, 5.74) is 1.35. The predicted octanol–water partition coefficient (Wildman–Crippen LogP) is 4.28. The Morgan fingerprint density at radius 2 is 1.30 bits per heavy atom. The minimum Gasteiger partial charge on any atom is -0.372 e. The molecule has 2 aromatic carbocycles. The van der Waals surface area contributed by atoms with Crippen LogP contribution in [0.5, 0.6) is 0 Å². The minimum absolute atomic E-state index is 0.332. The van der Waals surface area contributed by atoms with E-state index in [0.29, 0.717) is 11.4 Å². The summed E-state index contributed by atoms with van der Waals surface area (Å²) in [4.78, 5) is 27.6. The molecule has 142 valence electrons. The molecule has 0 bridgehead atoms. The zero-order chi connectivity index (χ0) is 19.3. The van der Waals surface area contributed by atoms with Crippen molar-refractivity contribution < 1.29 is 9.59 Å². The van der Waals surface area contributed by atoms with Crippen LogP contribution >= 0.6 is 0 Å². The number of piperidine rings is 1. The lowest BCUT2D eigenvalue weighted by Crippen LogP contribution is -2.41. The third kappa shape index (κ3) is 4.67. The molecule has 1 fully saturated rings. The van der Waals surface area contributed by atoms with Gasteiger partial charge in [-0.1, -0.05) is 18.2 Å². The van der Waals surface area contributed by atoms with Crippen LogP contribution in [0.25, 0.3) is 0 Å². The Kier molecular flexibility index (Phi) is 5.79. The van der Waals surface area contributed by atoms with Gasteiger partial charge in [0.1, 0.15) is 5.41 Å². The number of carbonyl (C=O) groups excluding carboxylic acids is 2. The molecule has 2 amide bonds. The molecule has 27 heavy (non-hydrogen) atoms. The fourth-order valence-electron chi connectivity index (χ4n) is 3.11. The first-order chi connectivity index (χ1) is 13.0. The van der Waals surface area contributed by atoms with E-state index in [2.05, 4.69) is 15.5 Å². The number of carbonyl (C=O) groups is 2. The smallest absolute Gasteiger partial charge is 0.239 e. The van der Waals surface area contributed by atoms with Crippen LogP contribution < -0.4 is 15.5 Å². The lowest BCUT2D eigenvalue weighted by Gasteiger charge is -2.29. The van der Waals surface area contributed by atoms with Gasteiger partial charge < -0.3 is 15.5 Å². The van der Waals surface area contributed by atoms with Gasteiger partial charge in [0.25, 0.3) is 0 Å². The van der Waals surface area contributed by atoms with Crippen molar-refractivity contribution in [2.75, 3.05) is 28.6 Å². The van der Waals surface area contributed by atoms with E-state index in [0.717, 1.165) is 13.1 Å². The number of nitrogens with zero attached hydrogens (tertiary/aromatic N) is 1. The number of hydrogen-bond donors (Lipinski definition) is 2. The molecule has 0 aromatic heterocycles. The fraction of sp³-hybridized carbons (Fsp3) is 0.364. The van der Waals surface area contributed by atoms with Gasteiger partial charge in [0.15, 0.2) is 0 Å². The second-order valence-electron chi connectivity index (χ2n) is 7.49. The zero-order valence-electron chi connectivity index (χ0n) is 16.0. The van der Waals surface area contributed by atoms with Crippen molar-refractivity contribution in [2.24, 2.45) is 5.41 Å². The van der Waals surface area contributed by atoms with Crippen molar-refractivity contribution in [3.05, 3.63) is 54.6 Å². The average molecular weight is 365 g/mol. The van der Waals surface area contributed by atoms with E-state index in [1.807, 2.05) is 42.5 Å². The summed E-state index contributed by atoms with van der Waals surface area (Å²) in [7, 11) is 0. The molecule has 0 aliphatic carbocycles. The van der Waals surface area contributed by atoms with Gasteiger partial charge in [-0.05, 0) is 69.5 Å². The Labute approximate surface area is 160 Å². The summed E-state index contributed by atoms with van der Waals surface area (Å²) in [5.74, 6) is -0.669. The quantitative estimate of drug-likeness (QED) is 0.778. The molecule has 0 spiro atoms. The summed E-state index contributed by atoms with van der Waals surface area (Å²) < 4.78 is 0. The maximum Gasteiger partial charge on any atom is 0.239 e. The van der Waals surface area contributed by atoms with Crippen LogP contribution in [0, 0.1) is 5.41 Å². The largest absolute Gasteiger partial charge is 0.372 e. The molecule has 1 saturated heterocycles. The molecule has 0 saturated carbocycles. The maximum absolute atomic E-state index is 12.7. The Bertz CT molecular complexity index is 779. The van der Waals surface area contributed by atoms with E-state index >= 15 is 0 Å². The molecule has 5 heteroatoms.